The van der Waals surface area contributed by atoms with E-state index < -0.39 is 12.0 Å². The van der Waals surface area contributed by atoms with Crippen LogP contribution >= 0.6 is 0 Å². The van der Waals surface area contributed by atoms with Crippen LogP contribution < -0.4 is 0 Å². The topological polar surface area (TPSA) is 108 Å². The smallest absolute Gasteiger partial charge is 0.307 e. The Labute approximate surface area is 234 Å². The van der Waals surface area contributed by atoms with E-state index in [0.29, 0.717) is 37.8 Å². The summed E-state index contributed by atoms with van der Waals surface area (Å²) in [5.74, 6) is -1.13. The van der Waals surface area contributed by atoms with Crippen molar-refractivity contribution in [2.45, 2.75) is 96.7 Å². The highest BCUT2D eigenvalue weighted by Crippen LogP contribution is 2.25. The highest BCUT2D eigenvalue weighted by atomic mass is 16.6. The normalized spacial score (nSPS) is 28.3. The summed E-state index contributed by atoms with van der Waals surface area (Å²) >= 11 is 0. The van der Waals surface area contributed by atoms with Gasteiger partial charge in [0.05, 0.1) is 31.3 Å². The first-order valence-electron chi connectivity index (χ1n) is 15.1. The number of carbonyl (C=O) groups is 3. The van der Waals surface area contributed by atoms with E-state index in [4.69, 9.17) is 14.2 Å². The maximum atomic E-state index is 12.5. The van der Waals surface area contributed by atoms with Crippen molar-refractivity contribution in [2.24, 2.45) is 5.41 Å². The molecule has 3 rings (SSSR count). The maximum Gasteiger partial charge on any atom is 0.307 e. The summed E-state index contributed by atoms with van der Waals surface area (Å²) in [6, 6.07) is 1.68. The molecule has 0 radical (unpaired) electrons. The van der Waals surface area contributed by atoms with Gasteiger partial charge in [-0.25, -0.2) is 0 Å². The number of nitrogens with zero attached hydrogens (tertiary/aromatic N) is 3. The predicted octanol–water partition coefficient (Wildman–Crippen LogP) is 2.22. The molecule has 3 saturated heterocycles. The molecule has 10 nitrogen and oxygen atoms in total. The Morgan fingerprint density at radius 3 is 1.21 bits per heavy atom. The van der Waals surface area contributed by atoms with Crippen molar-refractivity contribution in [1.82, 2.24) is 14.7 Å². The number of hydrogen-bond acceptors (Lipinski definition) is 10. The summed E-state index contributed by atoms with van der Waals surface area (Å²) in [4.78, 5) is 44.1. The largest absolute Gasteiger partial charge is 0.465 e. The molecule has 224 valence electrons. The summed E-state index contributed by atoms with van der Waals surface area (Å²) in [5.41, 5.74) is -1.19. The van der Waals surface area contributed by atoms with Crippen LogP contribution in [0.4, 0.5) is 0 Å². The minimum atomic E-state index is -1.19. The first kappa shape index (κ1) is 31.8. The molecule has 10 heteroatoms. The number of hydrogen-bond donors (Lipinski definition) is 1. The van der Waals surface area contributed by atoms with E-state index in [-0.39, 0.29) is 57.0 Å². The van der Waals surface area contributed by atoms with Gasteiger partial charge in [0.25, 0.3) is 0 Å². The molecule has 0 saturated carbocycles. The molecule has 0 aromatic rings. The van der Waals surface area contributed by atoms with Gasteiger partial charge in [-0.2, -0.15) is 0 Å². The lowest BCUT2D eigenvalue weighted by molar-refractivity contribution is -0.165. The number of aliphatic hydroxyl groups is 1. The molecule has 3 aliphatic heterocycles. The fraction of sp³-hybridized carbons (Fsp3) is 0.897. The van der Waals surface area contributed by atoms with E-state index in [1.54, 1.807) is 0 Å². The van der Waals surface area contributed by atoms with Gasteiger partial charge in [0.15, 0.2) is 0 Å². The summed E-state index contributed by atoms with van der Waals surface area (Å²) < 4.78 is 16.5. The monoisotopic (exact) mass is 553 g/mol. The fourth-order valence-electron chi connectivity index (χ4n) is 5.20. The highest BCUT2D eigenvalue weighted by Gasteiger charge is 2.38. The van der Waals surface area contributed by atoms with Gasteiger partial charge < -0.3 is 19.3 Å². The summed E-state index contributed by atoms with van der Waals surface area (Å²) in [6.45, 7) is 10.4. The highest BCUT2D eigenvalue weighted by molar-refractivity contribution is 5.71. The van der Waals surface area contributed by atoms with Crippen LogP contribution in [0.1, 0.15) is 78.6 Å². The molecule has 0 aromatic heterocycles. The molecule has 39 heavy (non-hydrogen) atoms. The minimum absolute atomic E-state index is 0.184. The standard InChI is InChI=1S/C29H51N3O7/c1-4-7-23-16-30(23)13-10-26(34)37-20-29(19-33,21-38-27(35)11-14-31-17-24(31)8-5-2)22-39-28(36)12-15-32-18-25(32)9-6-3/h23-25,33H,4-22H2,1-3H3. The zero-order valence-corrected chi connectivity index (χ0v) is 24.4. The van der Waals surface area contributed by atoms with Crippen LogP contribution in [0.15, 0.2) is 0 Å². The Kier molecular flexibility index (Phi) is 12.9. The summed E-state index contributed by atoms with van der Waals surface area (Å²) in [5, 5.41) is 10.3. The van der Waals surface area contributed by atoms with Crippen LogP contribution in [0, 0.1) is 5.41 Å². The second-order valence-corrected chi connectivity index (χ2v) is 11.7. The van der Waals surface area contributed by atoms with E-state index in [0.717, 1.165) is 58.2 Å². The van der Waals surface area contributed by atoms with Gasteiger partial charge in [-0.1, -0.05) is 40.0 Å². The average Bonchev–Trinajstić information content (AvgIpc) is 3.84. The van der Waals surface area contributed by atoms with Gasteiger partial charge in [-0.15, -0.1) is 0 Å². The van der Waals surface area contributed by atoms with Crippen molar-refractivity contribution in [3.8, 4) is 0 Å². The molecular weight excluding hydrogens is 502 g/mol. The molecule has 6 unspecified atom stereocenters. The summed E-state index contributed by atoms with van der Waals surface area (Å²) in [7, 11) is 0. The quantitative estimate of drug-likeness (QED) is 0.122. The lowest BCUT2D eigenvalue weighted by Crippen LogP contribution is -2.43. The van der Waals surface area contributed by atoms with Crippen LogP contribution in [-0.2, 0) is 28.6 Å². The molecule has 3 aliphatic rings. The molecule has 0 aromatic carbocycles. The zero-order valence-electron chi connectivity index (χ0n) is 24.4. The first-order valence-corrected chi connectivity index (χ1v) is 15.1. The number of carbonyl (C=O) groups excluding carboxylic acids is 3. The van der Waals surface area contributed by atoms with Crippen molar-refractivity contribution in [1.29, 1.82) is 0 Å². The van der Waals surface area contributed by atoms with Crippen LogP contribution in [0.3, 0.4) is 0 Å². The Hall–Kier alpha value is -1.75. The predicted molar refractivity (Wildman–Crippen MR) is 147 cm³/mol. The second-order valence-electron chi connectivity index (χ2n) is 11.7. The molecule has 0 aliphatic carbocycles. The lowest BCUT2D eigenvalue weighted by Gasteiger charge is -2.30. The Morgan fingerprint density at radius 1 is 0.641 bits per heavy atom. The van der Waals surface area contributed by atoms with Crippen molar-refractivity contribution >= 4 is 17.9 Å². The van der Waals surface area contributed by atoms with Crippen LogP contribution in [-0.4, -0.2) is 122 Å². The number of rotatable bonds is 22. The SMILES string of the molecule is CCCC1CN1CCC(=O)OCC(CO)(COC(=O)CCN1CC1CCC)COC(=O)CCN1CC1CCC. The fourth-order valence-corrected chi connectivity index (χ4v) is 5.20. The molecule has 0 bridgehead atoms. The molecule has 0 amide bonds. The third-order valence-corrected chi connectivity index (χ3v) is 8.11. The Balaban J connectivity index is 1.44. The maximum absolute atomic E-state index is 12.5. The van der Waals surface area contributed by atoms with Crippen LogP contribution in [0.5, 0.6) is 0 Å². The van der Waals surface area contributed by atoms with Crippen molar-refractivity contribution in [3.63, 3.8) is 0 Å². The molecule has 0 spiro atoms. The van der Waals surface area contributed by atoms with Gasteiger partial charge in [0.1, 0.15) is 19.8 Å². The van der Waals surface area contributed by atoms with Gasteiger partial charge in [0, 0.05) is 57.4 Å². The van der Waals surface area contributed by atoms with E-state index in [1.165, 1.54) is 0 Å². The van der Waals surface area contributed by atoms with Gasteiger partial charge in [-0.3, -0.25) is 29.1 Å². The molecule has 3 heterocycles. The van der Waals surface area contributed by atoms with E-state index >= 15 is 0 Å². The first-order chi connectivity index (χ1) is 18.8. The van der Waals surface area contributed by atoms with Gasteiger partial charge in [0.2, 0.25) is 0 Å². The van der Waals surface area contributed by atoms with Crippen LogP contribution in [0.2, 0.25) is 0 Å². The number of aliphatic hydroxyl groups excluding tert-OH is 1. The van der Waals surface area contributed by atoms with E-state index in [1.807, 2.05) is 0 Å². The van der Waals surface area contributed by atoms with Crippen molar-refractivity contribution < 1.29 is 33.7 Å². The van der Waals surface area contributed by atoms with E-state index in [2.05, 4.69) is 35.5 Å². The van der Waals surface area contributed by atoms with Gasteiger partial charge >= 0.3 is 17.9 Å². The Bertz CT molecular complexity index is 697. The molecule has 3 fully saturated rings. The van der Waals surface area contributed by atoms with Crippen LogP contribution in [0.25, 0.3) is 0 Å². The summed E-state index contributed by atoms with van der Waals surface area (Å²) in [6.07, 6.45) is 7.53. The van der Waals surface area contributed by atoms with E-state index in [9.17, 15) is 19.5 Å². The van der Waals surface area contributed by atoms with Crippen molar-refractivity contribution in [3.05, 3.63) is 0 Å². The third-order valence-electron chi connectivity index (χ3n) is 8.11. The average molecular weight is 554 g/mol. The Morgan fingerprint density at radius 2 is 0.949 bits per heavy atom. The third kappa shape index (κ3) is 11.3. The van der Waals surface area contributed by atoms with Crippen molar-refractivity contribution in [2.75, 3.05) is 65.7 Å². The molecular formula is C29H51N3O7. The van der Waals surface area contributed by atoms with Gasteiger partial charge in [-0.05, 0) is 19.3 Å². The lowest BCUT2D eigenvalue weighted by atomic mass is 9.92. The minimum Gasteiger partial charge on any atom is -0.465 e. The molecule has 1 N–H and O–H groups in total. The zero-order chi connectivity index (χ0) is 28.3. The number of esters is 3. The molecule has 6 atom stereocenters. The number of ether oxygens (including phenoxy) is 3. The second kappa shape index (κ2) is 15.9.